The molecular weight excluding hydrogens is 386 g/mol. The van der Waals surface area contributed by atoms with E-state index in [0.717, 1.165) is 0 Å². The van der Waals surface area contributed by atoms with Crippen LogP contribution in [-0.4, -0.2) is 49.3 Å². The fraction of sp³-hybridized carbons (Fsp3) is 0.421. The largest absolute Gasteiger partial charge is 0.493 e. The van der Waals surface area contributed by atoms with Gasteiger partial charge in [-0.15, -0.1) is 0 Å². The van der Waals surface area contributed by atoms with Crippen molar-refractivity contribution in [3.63, 3.8) is 0 Å². The van der Waals surface area contributed by atoms with Crippen LogP contribution in [0.15, 0.2) is 21.3 Å². The summed E-state index contributed by atoms with van der Waals surface area (Å²) in [6.45, 7) is 1.70. The number of carboxylic acids is 1. The predicted octanol–water partition coefficient (Wildman–Crippen LogP) is 1.98. The third kappa shape index (κ3) is 4.78. The molecule has 1 aromatic carbocycles. The number of aryl methyl sites for hydroxylation is 1. The van der Waals surface area contributed by atoms with E-state index in [1.165, 1.54) is 26.0 Å². The van der Waals surface area contributed by atoms with Crippen LogP contribution < -0.4 is 20.4 Å². The first-order valence-corrected chi connectivity index (χ1v) is 9.91. The van der Waals surface area contributed by atoms with Crippen LogP contribution in [0.2, 0.25) is 0 Å². The van der Waals surface area contributed by atoms with Gasteiger partial charge in [-0.25, -0.2) is 9.59 Å². The molecule has 0 aliphatic carbocycles. The van der Waals surface area contributed by atoms with E-state index in [4.69, 9.17) is 13.9 Å². The lowest BCUT2D eigenvalue weighted by Crippen LogP contribution is -2.42. The minimum atomic E-state index is -1.11. The Balaban J connectivity index is 2.35. The SMILES string of the molecule is COc1cc2oc(=O)c(CC(=O)N[C@@H](CCSC)C(=O)O)c(C)c2cc1OC. The molecule has 9 heteroatoms. The van der Waals surface area contributed by atoms with E-state index in [0.29, 0.717) is 40.2 Å². The van der Waals surface area contributed by atoms with Gasteiger partial charge in [0.25, 0.3) is 0 Å². The van der Waals surface area contributed by atoms with E-state index in [9.17, 15) is 19.5 Å². The molecule has 1 atom stereocenters. The van der Waals surface area contributed by atoms with Crippen molar-refractivity contribution in [3.8, 4) is 11.5 Å². The number of thioether (sulfide) groups is 1. The normalized spacial score (nSPS) is 11.9. The lowest BCUT2D eigenvalue weighted by atomic mass is 10.0. The number of aliphatic carboxylic acids is 1. The summed E-state index contributed by atoms with van der Waals surface area (Å²) in [5.41, 5.74) is 0.403. The number of rotatable bonds is 9. The highest BCUT2D eigenvalue weighted by molar-refractivity contribution is 7.98. The Morgan fingerprint density at radius 2 is 1.89 bits per heavy atom. The lowest BCUT2D eigenvalue weighted by Gasteiger charge is -2.15. The monoisotopic (exact) mass is 409 g/mol. The van der Waals surface area contributed by atoms with Gasteiger partial charge >= 0.3 is 11.6 Å². The second-order valence-corrected chi connectivity index (χ2v) is 7.10. The molecule has 0 radical (unpaired) electrons. The number of fused-ring (bicyclic) bond motifs is 1. The molecule has 2 aromatic rings. The number of carbonyl (C=O) groups excluding carboxylic acids is 1. The summed E-state index contributed by atoms with van der Waals surface area (Å²) >= 11 is 1.49. The van der Waals surface area contributed by atoms with Crippen molar-refractivity contribution >= 4 is 34.6 Å². The van der Waals surface area contributed by atoms with Crippen molar-refractivity contribution in [3.05, 3.63) is 33.7 Å². The molecule has 8 nitrogen and oxygen atoms in total. The minimum Gasteiger partial charge on any atom is -0.493 e. The van der Waals surface area contributed by atoms with Crippen molar-refractivity contribution in [1.29, 1.82) is 0 Å². The summed E-state index contributed by atoms with van der Waals surface area (Å²) in [6.07, 6.45) is 1.87. The summed E-state index contributed by atoms with van der Waals surface area (Å²) < 4.78 is 15.8. The highest BCUT2D eigenvalue weighted by atomic mass is 32.2. The number of carbonyl (C=O) groups is 2. The molecule has 1 aromatic heterocycles. The minimum absolute atomic E-state index is 0.172. The number of methoxy groups -OCH3 is 2. The third-order valence-electron chi connectivity index (χ3n) is 4.37. The zero-order valence-corrected chi connectivity index (χ0v) is 17.0. The molecule has 0 saturated carbocycles. The fourth-order valence-electron chi connectivity index (χ4n) is 2.82. The maximum Gasteiger partial charge on any atom is 0.340 e. The average molecular weight is 409 g/mol. The van der Waals surface area contributed by atoms with Gasteiger partial charge in [0.15, 0.2) is 11.5 Å². The van der Waals surface area contributed by atoms with E-state index >= 15 is 0 Å². The summed E-state index contributed by atoms with van der Waals surface area (Å²) in [5, 5.41) is 12.3. The van der Waals surface area contributed by atoms with Crippen LogP contribution in [0.25, 0.3) is 11.0 Å². The second kappa shape index (κ2) is 9.50. The van der Waals surface area contributed by atoms with Gasteiger partial charge in [-0.2, -0.15) is 11.8 Å². The molecule has 0 bridgehead atoms. The predicted molar refractivity (Wildman–Crippen MR) is 107 cm³/mol. The second-order valence-electron chi connectivity index (χ2n) is 6.11. The number of hydrogen-bond acceptors (Lipinski definition) is 7. The van der Waals surface area contributed by atoms with E-state index in [1.54, 1.807) is 19.1 Å². The molecule has 0 aliphatic heterocycles. The fourth-order valence-corrected chi connectivity index (χ4v) is 3.29. The Morgan fingerprint density at radius 1 is 1.25 bits per heavy atom. The van der Waals surface area contributed by atoms with E-state index in [2.05, 4.69) is 5.32 Å². The van der Waals surface area contributed by atoms with Crippen molar-refractivity contribution < 1.29 is 28.6 Å². The number of hydrogen-bond donors (Lipinski definition) is 2. The van der Waals surface area contributed by atoms with Gasteiger partial charge in [-0.3, -0.25) is 4.79 Å². The van der Waals surface area contributed by atoms with Gasteiger partial charge in [0.2, 0.25) is 5.91 Å². The van der Waals surface area contributed by atoms with Crippen molar-refractivity contribution in [2.24, 2.45) is 0 Å². The first-order valence-electron chi connectivity index (χ1n) is 8.51. The molecule has 0 aliphatic rings. The van der Waals surface area contributed by atoms with Crippen LogP contribution >= 0.6 is 11.8 Å². The molecule has 28 heavy (non-hydrogen) atoms. The highest BCUT2D eigenvalue weighted by Crippen LogP contribution is 2.33. The molecule has 0 saturated heterocycles. The quantitative estimate of drug-likeness (QED) is 0.604. The van der Waals surface area contributed by atoms with Gasteiger partial charge in [0.05, 0.1) is 26.2 Å². The standard InChI is InChI=1S/C19H23NO7S/c1-10-11-7-15(25-2)16(26-3)9-14(11)27-19(24)12(10)8-17(21)20-13(18(22)23)5-6-28-4/h7,9,13H,5-6,8H2,1-4H3,(H,20,21)(H,22,23)/t13-/m0/s1. The topological polar surface area (TPSA) is 115 Å². The van der Waals surface area contributed by atoms with Crippen molar-refractivity contribution in [2.45, 2.75) is 25.8 Å². The lowest BCUT2D eigenvalue weighted by molar-refractivity contribution is -0.141. The Morgan fingerprint density at radius 3 is 2.46 bits per heavy atom. The first kappa shape index (κ1) is 21.6. The Kier molecular flexibility index (Phi) is 7.33. The van der Waals surface area contributed by atoms with E-state index < -0.39 is 23.5 Å². The summed E-state index contributed by atoms with van der Waals surface area (Å²) in [7, 11) is 2.97. The zero-order valence-electron chi connectivity index (χ0n) is 16.2. The maximum absolute atomic E-state index is 12.4. The van der Waals surface area contributed by atoms with E-state index in [1.807, 2.05) is 6.26 Å². The van der Waals surface area contributed by atoms with Crippen LogP contribution in [0.3, 0.4) is 0 Å². The molecule has 1 heterocycles. The molecule has 0 unspecified atom stereocenters. The third-order valence-corrected chi connectivity index (χ3v) is 5.02. The van der Waals surface area contributed by atoms with Crippen molar-refractivity contribution in [2.75, 3.05) is 26.2 Å². The van der Waals surface area contributed by atoms with Gasteiger partial charge in [-0.1, -0.05) is 0 Å². The van der Waals surface area contributed by atoms with Crippen LogP contribution in [-0.2, 0) is 16.0 Å². The Bertz CT molecular complexity index is 938. The zero-order chi connectivity index (χ0) is 20.8. The van der Waals surface area contributed by atoms with Gasteiger partial charge < -0.3 is 24.3 Å². The van der Waals surface area contributed by atoms with Crippen LogP contribution in [0, 0.1) is 6.92 Å². The van der Waals surface area contributed by atoms with E-state index in [-0.39, 0.29) is 12.0 Å². The molecule has 152 valence electrons. The number of nitrogens with one attached hydrogen (secondary N) is 1. The summed E-state index contributed by atoms with van der Waals surface area (Å²) in [5.74, 6) is -0.188. The molecule has 0 spiro atoms. The van der Waals surface area contributed by atoms with Crippen LogP contribution in [0.5, 0.6) is 11.5 Å². The Labute approximate surface area is 166 Å². The first-order chi connectivity index (χ1) is 13.3. The molecular formula is C19H23NO7S. The maximum atomic E-state index is 12.4. The number of benzene rings is 1. The smallest absolute Gasteiger partial charge is 0.340 e. The molecule has 0 fully saturated rings. The molecule has 2 rings (SSSR count). The summed E-state index contributed by atoms with van der Waals surface area (Å²) in [6, 6.07) is 2.22. The van der Waals surface area contributed by atoms with Gasteiger partial charge in [0, 0.05) is 11.5 Å². The van der Waals surface area contributed by atoms with Gasteiger partial charge in [-0.05, 0) is 37.0 Å². The molecule has 1 amide bonds. The van der Waals surface area contributed by atoms with Crippen LogP contribution in [0.1, 0.15) is 17.5 Å². The average Bonchev–Trinajstić information content (AvgIpc) is 2.67. The van der Waals surface area contributed by atoms with Crippen LogP contribution in [0.4, 0.5) is 0 Å². The summed E-state index contributed by atoms with van der Waals surface area (Å²) in [4.78, 5) is 36.0. The molecule has 2 N–H and O–H groups in total. The van der Waals surface area contributed by atoms with Crippen molar-refractivity contribution in [1.82, 2.24) is 5.32 Å². The number of amides is 1. The van der Waals surface area contributed by atoms with Gasteiger partial charge in [0.1, 0.15) is 11.6 Å². The number of carboxylic acid groups (broad SMARTS) is 1. The highest BCUT2D eigenvalue weighted by Gasteiger charge is 2.22. The Hall–Kier alpha value is -2.68. The number of ether oxygens (including phenoxy) is 2.